The molecular weight excluding hydrogens is 492 g/mol. The van der Waals surface area contributed by atoms with Gasteiger partial charge in [-0.2, -0.15) is 0 Å². The Hall–Kier alpha value is -4.30. The van der Waals surface area contributed by atoms with Gasteiger partial charge >= 0.3 is 0 Å². The number of benzene rings is 3. The smallest absolute Gasteiger partial charge is 0.260 e. The van der Waals surface area contributed by atoms with Crippen molar-refractivity contribution in [1.29, 1.82) is 0 Å². The number of aryl methyl sites for hydroxylation is 4. The van der Waals surface area contributed by atoms with Crippen molar-refractivity contribution < 1.29 is 19.7 Å². The number of ether oxygens (including phenoxy) is 1. The number of aromatic nitrogens is 3. The lowest BCUT2D eigenvalue weighted by Gasteiger charge is -2.19. The number of phenols is 1. The number of aliphatic hydroxyl groups is 1. The summed E-state index contributed by atoms with van der Waals surface area (Å²) in [6, 6.07) is 17.0. The molecule has 0 aliphatic heterocycles. The van der Waals surface area contributed by atoms with Crippen molar-refractivity contribution in [2.45, 2.75) is 34.6 Å². The first kappa shape index (κ1) is 27.7. The summed E-state index contributed by atoms with van der Waals surface area (Å²) in [6.45, 7) is 10.4. The predicted octanol–water partition coefficient (Wildman–Crippen LogP) is 5.03. The van der Waals surface area contributed by atoms with Crippen LogP contribution in [0.15, 0.2) is 54.6 Å². The van der Waals surface area contributed by atoms with Gasteiger partial charge < -0.3 is 19.8 Å². The zero-order valence-corrected chi connectivity index (χ0v) is 23.0. The highest BCUT2D eigenvalue weighted by atomic mass is 16.5. The Kier molecular flexibility index (Phi) is 8.56. The van der Waals surface area contributed by atoms with Crippen molar-refractivity contribution in [2.24, 2.45) is 0 Å². The highest BCUT2D eigenvalue weighted by molar-refractivity contribution is 5.78. The molecule has 1 heterocycles. The Balaban J connectivity index is 1.73. The molecule has 0 atom stereocenters. The number of carbonyl (C=O) groups is 1. The molecule has 0 fully saturated rings. The minimum atomic E-state index is -0.246. The van der Waals surface area contributed by atoms with Gasteiger partial charge in [-0.25, -0.2) is 15.0 Å². The third kappa shape index (κ3) is 6.41. The average molecular weight is 527 g/mol. The molecule has 39 heavy (non-hydrogen) atoms. The van der Waals surface area contributed by atoms with E-state index in [2.05, 4.69) is 12.1 Å². The summed E-state index contributed by atoms with van der Waals surface area (Å²) < 4.78 is 5.62. The minimum absolute atomic E-state index is 0.0768. The van der Waals surface area contributed by atoms with Crippen LogP contribution in [0.3, 0.4) is 0 Å². The number of aliphatic hydroxyl groups excluding tert-OH is 1. The standard InChI is InChI=1S/C31H34N4O4/c1-6-35(13-14-36)28(38)18-39-23-9-12-26(27(37)17-23)31-33-29(24-10-7-19(2)15-21(24)4)32-30(34-31)25-11-8-20(3)16-22(25)5/h7-12,15-17,36-37H,6,13-14,18H2,1-5H3. The van der Waals surface area contributed by atoms with E-state index in [1.807, 2.05) is 58.9 Å². The zero-order chi connectivity index (χ0) is 28.1. The van der Waals surface area contributed by atoms with E-state index in [-0.39, 0.29) is 31.4 Å². The number of hydrogen-bond acceptors (Lipinski definition) is 7. The molecule has 0 spiro atoms. The van der Waals surface area contributed by atoms with Crippen molar-refractivity contribution in [3.63, 3.8) is 0 Å². The summed E-state index contributed by atoms with van der Waals surface area (Å²) in [5.41, 5.74) is 6.56. The first-order valence-corrected chi connectivity index (χ1v) is 13.0. The molecule has 1 aromatic heterocycles. The van der Waals surface area contributed by atoms with Gasteiger partial charge in [0.1, 0.15) is 11.5 Å². The maximum absolute atomic E-state index is 12.4. The van der Waals surface area contributed by atoms with E-state index in [0.717, 1.165) is 33.4 Å². The molecule has 8 nitrogen and oxygen atoms in total. The van der Waals surface area contributed by atoms with Crippen LogP contribution in [-0.2, 0) is 4.79 Å². The minimum Gasteiger partial charge on any atom is -0.507 e. The van der Waals surface area contributed by atoms with E-state index < -0.39 is 0 Å². The molecule has 4 aromatic rings. The van der Waals surface area contributed by atoms with Crippen LogP contribution in [0, 0.1) is 27.7 Å². The molecule has 202 valence electrons. The third-order valence-electron chi connectivity index (χ3n) is 6.56. The van der Waals surface area contributed by atoms with Crippen LogP contribution in [-0.4, -0.2) is 62.3 Å². The number of nitrogens with zero attached hydrogens (tertiary/aromatic N) is 4. The Morgan fingerprint density at radius 2 is 1.31 bits per heavy atom. The molecule has 2 N–H and O–H groups in total. The summed E-state index contributed by atoms with van der Waals surface area (Å²) in [5, 5.41) is 20.1. The van der Waals surface area contributed by atoms with Crippen molar-refractivity contribution in [3.8, 4) is 45.7 Å². The van der Waals surface area contributed by atoms with E-state index in [1.165, 1.54) is 11.0 Å². The van der Waals surface area contributed by atoms with Crippen LogP contribution < -0.4 is 4.74 Å². The van der Waals surface area contributed by atoms with E-state index >= 15 is 0 Å². The third-order valence-corrected chi connectivity index (χ3v) is 6.56. The fraction of sp³-hybridized carbons (Fsp3) is 0.290. The summed E-state index contributed by atoms with van der Waals surface area (Å²) in [7, 11) is 0. The van der Waals surface area contributed by atoms with Gasteiger partial charge in [0.05, 0.1) is 12.2 Å². The SMILES string of the molecule is CCN(CCO)C(=O)COc1ccc(-c2nc(-c3ccc(C)cc3C)nc(-c3ccc(C)cc3C)n2)c(O)c1. The monoisotopic (exact) mass is 526 g/mol. The molecular formula is C31H34N4O4. The van der Waals surface area contributed by atoms with Crippen LogP contribution in [0.4, 0.5) is 0 Å². The van der Waals surface area contributed by atoms with Crippen LogP contribution in [0.1, 0.15) is 29.2 Å². The maximum Gasteiger partial charge on any atom is 0.260 e. The number of likely N-dealkylation sites (N-methyl/N-ethyl adjacent to an activating group) is 1. The Morgan fingerprint density at radius 1 is 0.795 bits per heavy atom. The predicted molar refractivity (Wildman–Crippen MR) is 152 cm³/mol. The number of amides is 1. The summed E-state index contributed by atoms with van der Waals surface area (Å²) in [5.74, 6) is 1.37. The van der Waals surface area contributed by atoms with Crippen molar-refractivity contribution in [3.05, 3.63) is 76.9 Å². The Labute approximate surface area is 229 Å². The molecule has 4 rings (SSSR count). The van der Waals surface area contributed by atoms with Crippen molar-refractivity contribution in [1.82, 2.24) is 19.9 Å². The van der Waals surface area contributed by atoms with Gasteiger partial charge in [-0.15, -0.1) is 0 Å². The van der Waals surface area contributed by atoms with Crippen LogP contribution in [0.5, 0.6) is 11.5 Å². The van der Waals surface area contributed by atoms with Gasteiger partial charge in [0.15, 0.2) is 24.1 Å². The molecule has 0 saturated heterocycles. The Morgan fingerprint density at radius 3 is 1.77 bits per heavy atom. The van der Waals surface area contributed by atoms with E-state index in [4.69, 9.17) is 24.8 Å². The fourth-order valence-corrected chi connectivity index (χ4v) is 4.47. The summed E-state index contributed by atoms with van der Waals surface area (Å²) in [6.07, 6.45) is 0. The topological polar surface area (TPSA) is 109 Å². The molecule has 1 amide bonds. The maximum atomic E-state index is 12.4. The molecule has 0 radical (unpaired) electrons. The molecule has 8 heteroatoms. The molecule has 0 aliphatic carbocycles. The normalized spacial score (nSPS) is 10.9. The van der Waals surface area contributed by atoms with Crippen molar-refractivity contribution in [2.75, 3.05) is 26.3 Å². The van der Waals surface area contributed by atoms with E-state index in [9.17, 15) is 9.90 Å². The second-order valence-electron chi connectivity index (χ2n) is 9.61. The van der Waals surface area contributed by atoms with Gasteiger partial charge in [-0.3, -0.25) is 4.79 Å². The first-order valence-electron chi connectivity index (χ1n) is 13.0. The molecule has 0 unspecified atom stereocenters. The largest absolute Gasteiger partial charge is 0.507 e. The Bertz CT molecular complexity index is 1430. The molecule has 0 aliphatic rings. The average Bonchev–Trinajstić information content (AvgIpc) is 2.90. The van der Waals surface area contributed by atoms with Gasteiger partial charge in [-0.05, 0) is 57.9 Å². The van der Waals surface area contributed by atoms with Gasteiger partial charge in [0, 0.05) is 30.3 Å². The summed E-state index contributed by atoms with van der Waals surface area (Å²) in [4.78, 5) is 28.2. The number of hydrogen-bond donors (Lipinski definition) is 2. The van der Waals surface area contributed by atoms with Crippen LogP contribution in [0.25, 0.3) is 34.2 Å². The quantitative estimate of drug-likeness (QED) is 0.315. The molecule has 0 saturated carbocycles. The highest BCUT2D eigenvalue weighted by Crippen LogP contribution is 2.34. The van der Waals surface area contributed by atoms with Crippen LogP contribution >= 0.6 is 0 Å². The fourth-order valence-electron chi connectivity index (χ4n) is 4.47. The van der Waals surface area contributed by atoms with Crippen molar-refractivity contribution >= 4 is 5.91 Å². The number of carbonyl (C=O) groups excluding carboxylic acids is 1. The lowest BCUT2D eigenvalue weighted by molar-refractivity contribution is -0.133. The zero-order valence-electron chi connectivity index (χ0n) is 23.0. The number of phenolic OH excluding ortho intramolecular Hbond substituents is 1. The van der Waals surface area contributed by atoms with E-state index in [0.29, 0.717) is 35.3 Å². The molecule has 3 aromatic carbocycles. The number of rotatable bonds is 9. The lowest BCUT2D eigenvalue weighted by atomic mass is 10.0. The van der Waals surface area contributed by atoms with E-state index in [1.54, 1.807) is 12.1 Å². The number of aromatic hydroxyl groups is 1. The summed E-state index contributed by atoms with van der Waals surface area (Å²) >= 11 is 0. The highest BCUT2D eigenvalue weighted by Gasteiger charge is 2.18. The molecule has 0 bridgehead atoms. The van der Waals surface area contributed by atoms with Gasteiger partial charge in [0.2, 0.25) is 0 Å². The lowest BCUT2D eigenvalue weighted by Crippen LogP contribution is -2.36. The van der Waals surface area contributed by atoms with Crippen LogP contribution in [0.2, 0.25) is 0 Å². The first-order chi connectivity index (χ1) is 18.7. The van der Waals surface area contributed by atoms with Gasteiger partial charge in [-0.1, -0.05) is 47.5 Å². The second kappa shape index (κ2) is 12.0. The van der Waals surface area contributed by atoms with Gasteiger partial charge in [0.25, 0.3) is 5.91 Å². The second-order valence-corrected chi connectivity index (χ2v) is 9.61.